The average molecular weight is 234 g/mol. The smallest absolute Gasteiger partial charge is 0.310 e. The first-order chi connectivity index (χ1) is 7.45. The Labute approximate surface area is 99.3 Å². The van der Waals surface area contributed by atoms with Gasteiger partial charge in [0.2, 0.25) is 0 Å². The Morgan fingerprint density at radius 2 is 1.75 bits per heavy atom. The highest BCUT2D eigenvalue weighted by molar-refractivity contribution is 5.71. The Hall–Kier alpha value is -0.610. The lowest BCUT2D eigenvalue weighted by molar-refractivity contribution is -0.159. The van der Waals surface area contributed by atoms with Crippen LogP contribution in [0.1, 0.15) is 34.6 Å². The fraction of sp³-hybridized carbons (Fsp3) is 0.917. The van der Waals surface area contributed by atoms with Crippen molar-refractivity contribution in [2.45, 2.75) is 34.6 Å². The molecule has 0 unspecified atom stereocenters. The molecule has 0 aliphatic heterocycles. The van der Waals surface area contributed by atoms with Crippen LogP contribution in [-0.2, 0) is 19.0 Å². The van der Waals surface area contributed by atoms with Crippen LogP contribution < -0.4 is 0 Å². The van der Waals surface area contributed by atoms with E-state index in [0.717, 1.165) is 6.61 Å². The fourth-order valence-electron chi connectivity index (χ4n) is 0.683. The van der Waals surface area contributed by atoms with Gasteiger partial charge in [-0.05, 0) is 12.8 Å². The molecule has 0 fully saturated rings. The van der Waals surface area contributed by atoms with Crippen molar-refractivity contribution in [3.05, 3.63) is 0 Å². The van der Waals surface area contributed by atoms with E-state index in [-0.39, 0.29) is 18.7 Å². The second-order valence-corrected chi connectivity index (χ2v) is 4.08. The van der Waals surface area contributed by atoms with Gasteiger partial charge in [0.05, 0.1) is 5.92 Å². The average Bonchev–Trinajstić information content (AvgIpc) is 2.18. The van der Waals surface area contributed by atoms with Crippen molar-refractivity contribution in [1.82, 2.24) is 0 Å². The van der Waals surface area contributed by atoms with Crippen molar-refractivity contribution in [1.29, 1.82) is 0 Å². The van der Waals surface area contributed by atoms with Crippen LogP contribution >= 0.6 is 0 Å². The fourth-order valence-corrected chi connectivity index (χ4v) is 0.683. The zero-order valence-electron chi connectivity index (χ0n) is 11.4. The number of carbonyl (C=O) groups is 1. The van der Waals surface area contributed by atoms with Crippen molar-refractivity contribution in [2.24, 2.45) is 11.8 Å². The summed E-state index contributed by atoms with van der Waals surface area (Å²) in [6.07, 6.45) is 0. The third kappa shape index (κ3) is 15.8. The van der Waals surface area contributed by atoms with Crippen LogP contribution in [0.5, 0.6) is 0 Å². The van der Waals surface area contributed by atoms with Crippen LogP contribution in [0.2, 0.25) is 0 Å². The first kappa shape index (κ1) is 17.8. The highest BCUT2D eigenvalue weighted by atomic mass is 16.7. The summed E-state index contributed by atoms with van der Waals surface area (Å²) in [5.74, 6) is 0.393. The molecule has 0 atom stereocenters. The van der Waals surface area contributed by atoms with E-state index in [1.54, 1.807) is 21.0 Å². The van der Waals surface area contributed by atoms with Crippen molar-refractivity contribution >= 4 is 5.97 Å². The molecule has 0 radical (unpaired) electrons. The van der Waals surface area contributed by atoms with Crippen LogP contribution in [0.15, 0.2) is 0 Å². The molecule has 0 rings (SSSR count). The molecule has 0 aromatic rings. The van der Waals surface area contributed by atoms with Gasteiger partial charge in [0.1, 0.15) is 0 Å². The van der Waals surface area contributed by atoms with Gasteiger partial charge in [0.25, 0.3) is 0 Å². The van der Waals surface area contributed by atoms with Crippen LogP contribution in [0.25, 0.3) is 0 Å². The Balaban J connectivity index is 0. The van der Waals surface area contributed by atoms with Crippen molar-refractivity contribution in [2.75, 3.05) is 27.1 Å². The Kier molecular flexibility index (Phi) is 13.8. The van der Waals surface area contributed by atoms with E-state index < -0.39 is 0 Å². The summed E-state index contributed by atoms with van der Waals surface area (Å²) >= 11 is 0. The highest BCUT2D eigenvalue weighted by Gasteiger charge is 2.06. The lowest BCUT2D eigenvalue weighted by Gasteiger charge is -2.05. The van der Waals surface area contributed by atoms with Gasteiger partial charge in [-0.2, -0.15) is 0 Å². The Morgan fingerprint density at radius 3 is 2.00 bits per heavy atom. The third-order valence-electron chi connectivity index (χ3n) is 1.46. The monoisotopic (exact) mass is 234 g/mol. The van der Waals surface area contributed by atoms with Gasteiger partial charge in [-0.1, -0.05) is 27.7 Å². The minimum Gasteiger partial charge on any atom is -0.438 e. The Morgan fingerprint density at radius 1 is 1.19 bits per heavy atom. The molecular weight excluding hydrogens is 208 g/mol. The quantitative estimate of drug-likeness (QED) is 0.402. The van der Waals surface area contributed by atoms with Crippen LogP contribution in [-0.4, -0.2) is 33.1 Å². The summed E-state index contributed by atoms with van der Waals surface area (Å²) in [5.41, 5.74) is 0. The first-order valence-corrected chi connectivity index (χ1v) is 5.68. The summed E-state index contributed by atoms with van der Waals surface area (Å²) < 4.78 is 14.3. The predicted molar refractivity (Wildman–Crippen MR) is 64.1 cm³/mol. The number of rotatable bonds is 6. The Bertz CT molecular complexity index is 155. The van der Waals surface area contributed by atoms with Crippen molar-refractivity contribution < 1.29 is 19.0 Å². The minimum absolute atomic E-state index is 0.0690. The maximum atomic E-state index is 10.7. The predicted octanol–water partition coefficient (Wildman–Crippen LogP) is 2.47. The van der Waals surface area contributed by atoms with Crippen LogP contribution in [0.3, 0.4) is 0 Å². The van der Waals surface area contributed by atoms with Gasteiger partial charge in [0, 0.05) is 20.3 Å². The van der Waals surface area contributed by atoms with E-state index in [0.29, 0.717) is 12.5 Å². The lowest BCUT2D eigenvalue weighted by Crippen LogP contribution is -2.13. The summed E-state index contributed by atoms with van der Waals surface area (Å²) in [6.45, 7) is 11.2. The second kappa shape index (κ2) is 12.5. The number of hydrogen-bond donors (Lipinski definition) is 0. The van der Waals surface area contributed by atoms with E-state index in [2.05, 4.69) is 18.6 Å². The van der Waals surface area contributed by atoms with Gasteiger partial charge in [-0.25, -0.2) is 0 Å². The molecule has 0 spiro atoms. The summed E-state index contributed by atoms with van der Waals surface area (Å²) in [7, 11) is 1.72. The molecule has 4 nitrogen and oxygen atoms in total. The maximum Gasteiger partial charge on any atom is 0.310 e. The molecule has 0 amide bonds. The summed E-state index contributed by atoms with van der Waals surface area (Å²) in [5, 5.41) is 0. The van der Waals surface area contributed by atoms with Crippen LogP contribution in [0.4, 0.5) is 0 Å². The van der Waals surface area contributed by atoms with Gasteiger partial charge < -0.3 is 14.2 Å². The van der Waals surface area contributed by atoms with E-state index in [9.17, 15) is 4.79 Å². The molecule has 0 saturated carbocycles. The minimum atomic E-state index is -0.214. The lowest BCUT2D eigenvalue weighted by atomic mass is 10.2. The topological polar surface area (TPSA) is 44.8 Å². The molecule has 0 N–H and O–H groups in total. The molecule has 0 aromatic heterocycles. The molecular formula is C12H26O4. The van der Waals surface area contributed by atoms with Gasteiger partial charge in [0.15, 0.2) is 6.79 Å². The van der Waals surface area contributed by atoms with Gasteiger partial charge >= 0.3 is 5.97 Å². The highest BCUT2D eigenvalue weighted by Crippen LogP contribution is 1.94. The van der Waals surface area contributed by atoms with E-state index >= 15 is 0 Å². The largest absolute Gasteiger partial charge is 0.438 e. The molecule has 0 saturated heterocycles. The molecule has 98 valence electrons. The molecule has 0 aromatic carbocycles. The standard InChI is InChI=1S/C7H14O3.C5H12O/c1-4-9-5-10-7(8)6(2)3;1-5(2)4-6-3/h6H,4-5H2,1-3H3;5H,4H2,1-3H3. The van der Waals surface area contributed by atoms with E-state index in [1.165, 1.54) is 0 Å². The zero-order chi connectivity index (χ0) is 13.0. The molecule has 4 heteroatoms. The molecule has 16 heavy (non-hydrogen) atoms. The van der Waals surface area contributed by atoms with Crippen molar-refractivity contribution in [3.63, 3.8) is 0 Å². The van der Waals surface area contributed by atoms with Gasteiger partial charge in [-0.3, -0.25) is 4.79 Å². The first-order valence-electron chi connectivity index (χ1n) is 5.68. The van der Waals surface area contributed by atoms with E-state index in [1.807, 2.05) is 6.92 Å². The third-order valence-corrected chi connectivity index (χ3v) is 1.46. The number of carbonyl (C=O) groups excluding carboxylic acids is 1. The SMILES string of the molecule is CCOCOC(=O)C(C)C.COCC(C)C. The summed E-state index contributed by atoms with van der Waals surface area (Å²) in [4.78, 5) is 10.7. The van der Waals surface area contributed by atoms with E-state index in [4.69, 9.17) is 9.47 Å². The number of methoxy groups -OCH3 is 1. The van der Waals surface area contributed by atoms with Gasteiger partial charge in [-0.15, -0.1) is 0 Å². The number of hydrogen-bond acceptors (Lipinski definition) is 4. The zero-order valence-corrected chi connectivity index (χ0v) is 11.4. The molecule has 0 aliphatic carbocycles. The summed E-state index contributed by atoms with van der Waals surface area (Å²) in [6, 6.07) is 0. The number of esters is 1. The number of ether oxygens (including phenoxy) is 3. The maximum absolute atomic E-state index is 10.7. The van der Waals surface area contributed by atoms with Crippen molar-refractivity contribution in [3.8, 4) is 0 Å². The molecule has 0 bridgehead atoms. The normalized spacial score (nSPS) is 10.0. The molecule has 0 aliphatic rings. The molecule has 0 heterocycles. The van der Waals surface area contributed by atoms with Crippen LogP contribution in [0, 0.1) is 11.8 Å². The second-order valence-electron chi connectivity index (χ2n) is 4.08.